The summed E-state index contributed by atoms with van der Waals surface area (Å²) in [6, 6.07) is 17.7. The Bertz CT molecular complexity index is 882. The fourth-order valence-electron chi connectivity index (χ4n) is 2.69. The highest BCUT2D eigenvalue weighted by Crippen LogP contribution is 2.27. The minimum atomic E-state index is 0.100. The third-order valence-corrected chi connectivity index (χ3v) is 4.02. The average molecular weight is 378 g/mol. The lowest BCUT2D eigenvalue weighted by atomic mass is 10.1. The van der Waals surface area contributed by atoms with Crippen molar-refractivity contribution in [3.8, 4) is 11.5 Å². The summed E-state index contributed by atoms with van der Waals surface area (Å²) >= 11 is 0. The van der Waals surface area contributed by atoms with Crippen LogP contribution in [0.1, 0.15) is 19.4 Å². The zero-order valence-corrected chi connectivity index (χ0v) is 16.5. The second-order valence-corrected chi connectivity index (χ2v) is 6.58. The molecule has 0 aliphatic heterocycles. The lowest BCUT2D eigenvalue weighted by Crippen LogP contribution is -2.09. The molecule has 6 heteroatoms. The van der Waals surface area contributed by atoms with E-state index in [9.17, 15) is 0 Å². The molecule has 3 rings (SSSR count). The van der Waals surface area contributed by atoms with Gasteiger partial charge in [0.25, 0.3) is 0 Å². The Morgan fingerprint density at radius 2 is 1.79 bits per heavy atom. The Morgan fingerprint density at radius 1 is 1.00 bits per heavy atom. The predicted molar refractivity (Wildman–Crippen MR) is 113 cm³/mol. The van der Waals surface area contributed by atoms with Crippen molar-refractivity contribution in [2.24, 2.45) is 0 Å². The summed E-state index contributed by atoms with van der Waals surface area (Å²) in [4.78, 5) is 8.83. The van der Waals surface area contributed by atoms with Crippen LogP contribution in [-0.2, 0) is 6.42 Å². The molecule has 1 aromatic heterocycles. The molecule has 6 nitrogen and oxygen atoms in total. The van der Waals surface area contributed by atoms with Crippen LogP contribution in [0.3, 0.4) is 0 Å². The van der Waals surface area contributed by atoms with E-state index in [-0.39, 0.29) is 6.10 Å². The lowest BCUT2D eigenvalue weighted by molar-refractivity contribution is 0.244. The fraction of sp³-hybridized carbons (Fsp3) is 0.273. The number of anilines is 3. The molecule has 3 aromatic rings. The summed E-state index contributed by atoms with van der Waals surface area (Å²) in [5, 5.41) is 6.58. The van der Waals surface area contributed by atoms with Crippen LogP contribution in [0.2, 0.25) is 0 Å². The third kappa shape index (κ3) is 5.61. The van der Waals surface area contributed by atoms with Crippen LogP contribution in [0.15, 0.2) is 60.8 Å². The molecule has 0 spiro atoms. The molecule has 0 aliphatic rings. The molecular formula is C22H26N4O2. The van der Waals surface area contributed by atoms with Crippen LogP contribution < -0.4 is 20.1 Å². The number of rotatable bonds is 9. The van der Waals surface area contributed by atoms with E-state index in [2.05, 4.69) is 32.7 Å². The second kappa shape index (κ2) is 9.60. The normalized spacial score (nSPS) is 10.6. The van der Waals surface area contributed by atoms with Gasteiger partial charge >= 0.3 is 0 Å². The van der Waals surface area contributed by atoms with Crippen LogP contribution in [-0.4, -0.2) is 29.7 Å². The van der Waals surface area contributed by atoms with Crippen molar-refractivity contribution in [3.05, 3.63) is 66.4 Å². The molecule has 0 unspecified atom stereocenters. The summed E-state index contributed by atoms with van der Waals surface area (Å²) in [5.41, 5.74) is 2.10. The molecule has 146 valence electrons. The largest absolute Gasteiger partial charge is 0.497 e. The zero-order chi connectivity index (χ0) is 19.8. The fourth-order valence-corrected chi connectivity index (χ4v) is 2.69. The minimum Gasteiger partial charge on any atom is -0.497 e. The van der Waals surface area contributed by atoms with E-state index in [1.54, 1.807) is 13.3 Å². The van der Waals surface area contributed by atoms with Gasteiger partial charge in [-0.15, -0.1) is 0 Å². The zero-order valence-electron chi connectivity index (χ0n) is 16.5. The molecule has 28 heavy (non-hydrogen) atoms. The van der Waals surface area contributed by atoms with Crippen molar-refractivity contribution >= 4 is 17.5 Å². The van der Waals surface area contributed by atoms with Gasteiger partial charge in [-0.2, -0.15) is 4.98 Å². The quantitative estimate of drug-likeness (QED) is 0.564. The molecule has 2 N–H and O–H groups in total. The van der Waals surface area contributed by atoms with E-state index < -0.39 is 0 Å². The first-order valence-electron chi connectivity index (χ1n) is 9.36. The number of hydrogen-bond acceptors (Lipinski definition) is 6. The van der Waals surface area contributed by atoms with Gasteiger partial charge in [0.1, 0.15) is 17.3 Å². The number of aromatic nitrogens is 2. The SMILES string of the molecule is COc1ccc(CCNc2nccc(Nc3ccccc3OC(C)C)n2)cc1. The molecule has 0 amide bonds. The standard InChI is InChI=1S/C22H26N4O2/c1-16(2)28-20-7-5-4-6-19(20)25-21-13-15-24-22(26-21)23-14-12-17-8-10-18(27-3)11-9-17/h4-11,13,15-16H,12,14H2,1-3H3,(H2,23,24,25,26). The first-order chi connectivity index (χ1) is 13.6. The molecule has 0 saturated heterocycles. The van der Waals surface area contributed by atoms with Crippen molar-refractivity contribution in [3.63, 3.8) is 0 Å². The van der Waals surface area contributed by atoms with Gasteiger partial charge in [-0.05, 0) is 56.2 Å². The number of para-hydroxylation sites is 2. The molecular weight excluding hydrogens is 352 g/mol. The molecule has 0 aliphatic carbocycles. The van der Waals surface area contributed by atoms with Gasteiger partial charge in [0.2, 0.25) is 5.95 Å². The van der Waals surface area contributed by atoms with Crippen LogP contribution in [0, 0.1) is 0 Å². The van der Waals surface area contributed by atoms with Crippen molar-refractivity contribution < 1.29 is 9.47 Å². The van der Waals surface area contributed by atoms with E-state index in [1.165, 1.54) is 5.56 Å². The van der Waals surface area contributed by atoms with E-state index in [0.29, 0.717) is 11.8 Å². The maximum Gasteiger partial charge on any atom is 0.224 e. The first-order valence-corrected chi connectivity index (χ1v) is 9.36. The Kier molecular flexibility index (Phi) is 6.68. The van der Waals surface area contributed by atoms with E-state index in [1.807, 2.05) is 56.3 Å². The lowest BCUT2D eigenvalue weighted by Gasteiger charge is -2.15. The highest BCUT2D eigenvalue weighted by atomic mass is 16.5. The maximum absolute atomic E-state index is 5.85. The Labute approximate surface area is 166 Å². The molecule has 1 heterocycles. The average Bonchev–Trinajstić information content (AvgIpc) is 2.70. The molecule has 2 aromatic carbocycles. The molecule has 0 fully saturated rings. The van der Waals surface area contributed by atoms with Gasteiger partial charge in [-0.1, -0.05) is 24.3 Å². The minimum absolute atomic E-state index is 0.100. The number of methoxy groups -OCH3 is 1. The number of hydrogen-bond donors (Lipinski definition) is 2. The van der Waals surface area contributed by atoms with E-state index in [4.69, 9.17) is 9.47 Å². The van der Waals surface area contributed by atoms with Crippen LogP contribution in [0.5, 0.6) is 11.5 Å². The highest BCUT2D eigenvalue weighted by Gasteiger charge is 2.07. The monoisotopic (exact) mass is 378 g/mol. The van der Waals surface area contributed by atoms with Crippen molar-refractivity contribution in [2.45, 2.75) is 26.4 Å². The number of nitrogens with one attached hydrogen (secondary N) is 2. The number of nitrogens with zero attached hydrogens (tertiary/aromatic N) is 2. The first kappa shape index (κ1) is 19.5. The van der Waals surface area contributed by atoms with E-state index in [0.717, 1.165) is 30.2 Å². The smallest absolute Gasteiger partial charge is 0.224 e. The summed E-state index contributed by atoms with van der Waals surface area (Å²) in [6.07, 6.45) is 2.70. The van der Waals surface area contributed by atoms with Crippen LogP contribution in [0.4, 0.5) is 17.5 Å². The summed E-state index contributed by atoms with van der Waals surface area (Å²) in [7, 11) is 1.67. The van der Waals surface area contributed by atoms with Gasteiger partial charge in [-0.25, -0.2) is 4.98 Å². The van der Waals surface area contributed by atoms with Gasteiger partial charge < -0.3 is 20.1 Å². The van der Waals surface area contributed by atoms with Crippen LogP contribution in [0.25, 0.3) is 0 Å². The van der Waals surface area contributed by atoms with E-state index >= 15 is 0 Å². The second-order valence-electron chi connectivity index (χ2n) is 6.58. The molecule has 0 atom stereocenters. The third-order valence-electron chi connectivity index (χ3n) is 4.02. The van der Waals surface area contributed by atoms with Gasteiger partial charge in [0.05, 0.1) is 18.9 Å². The molecule has 0 bridgehead atoms. The predicted octanol–water partition coefficient (Wildman–Crippen LogP) is 4.67. The maximum atomic E-state index is 5.85. The highest BCUT2D eigenvalue weighted by molar-refractivity contribution is 5.64. The van der Waals surface area contributed by atoms with Crippen molar-refractivity contribution in [1.82, 2.24) is 9.97 Å². The van der Waals surface area contributed by atoms with Gasteiger partial charge in [0, 0.05) is 12.7 Å². The number of benzene rings is 2. The van der Waals surface area contributed by atoms with Crippen LogP contribution >= 0.6 is 0 Å². The molecule has 0 radical (unpaired) electrons. The Hall–Kier alpha value is -3.28. The van der Waals surface area contributed by atoms with Gasteiger partial charge in [0.15, 0.2) is 0 Å². The summed E-state index contributed by atoms with van der Waals surface area (Å²) in [5.74, 6) is 2.95. The van der Waals surface area contributed by atoms with Crippen molar-refractivity contribution in [2.75, 3.05) is 24.3 Å². The Morgan fingerprint density at radius 3 is 2.54 bits per heavy atom. The Balaban J connectivity index is 1.59. The van der Waals surface area contributed by atoms with Gasteiger partial charge in [-0.3, -0.25) is 0 Å². The topological polar surface area (TPSA) is 68.3 Å². The van der Waals surface area contributed by atoms with Crippen molar-refractivity contribution in [1.29, 1.82) is 0 Å². The summed E-state index contributed by atoms with van der Waals surface area (Å²) < 4.78 is 11.0. The summed E-state index contributed by atoms with van der Waals surface area (Å²) in [6.45, 7) is 4.75. The number of ether oxygens (including phenoxy) is 2. The molecule has 0 saturated carbocycles.